The monoisotopic (exact) mass is 348 g/mol. The molecule has 7 heteroatoms. The van der Waals surface area contributed by atoms with Gasteiger partial charge in [-0.2, -0.15) is 0 Å². The number of urea groups is 1. The average molecular weight is 348 g/mol. The summed E-state index contributed by atoms with van der Waals surface area (Å²) in [5.74, 6) is 0. The van der Waals surface area contributed by atoms with Gasteiger partial charge in [0.05, 0.1) is 21.8 Å². The second-order valence-corrected chi connectivity index (χ2v) is 7.12. The summed E-state index contributed by atoms with van der Waals surface area (Å²) in [6.07, 6.45) is 4.39. The molecule has 24 heavy (non-hydrogen) atoms. The lowest BCUT2D eigenvalue weighted by Gasteiger charge is -2.23. The third kappa shape index (κ3) is 4.90. The van der Waals surface area contributed by atoms with Gasteiger partial charge >= 0.3 is 6.03 Å². The fourth-order valence-electron chi connectivity index (χ4n) is 3.00. The number of fused-ring (bicyclic) bond motifs is 1. The number of aliphatic hydroxyl groups is 1. The Labute approximate surface area is 145 Å². The van der Waals surface area contributed by atoms with E-state index in [1.54, 1.807) is 16.8 Å². The van der Waals surface area contributed by atoms with E-state index in [2.05, 4.69) is 20.5 Å². The first kappa shape index (κ1) is 17.1. The van der Waals surface area contributed by atoms with Gasteiger partial charge in [0.1, 0.15) is 0 Å². The van der Waals surface area contributed by atoms with Crippen LogP contribution < -0.4 is 10.6 Å². The maximum atomic E-state index is 12.0. The van der Waals surface area contributed by atoms with Crippen LogP contribution in [0.3, 0.4) is 0 Å². The minimum atomic E-state index is -0.546. The fraction of sp³-hybridized carbons (Fsp3) is 0.529. The van der Waals surface area contributed by atoms with Gasteiger partial charge in [0.15, 0.2) is 0 Å². The van der Waals surface area contributed by atoms with E-state index < -0.39 is 6.10 Å². The smallest absolute Gasteiger partial charge is 0.319 e. The quantitative estimate of drug-likeness (QED) is 0.776. The Kier molecular flexibility index (Phi) is 6.01. The number of nitrogens with zero attached hydrogens (tertiary/aromatic N) is 2. The number of hydrogen-bond acceptors (Lipinski definition) is 5. The Morgan fingerprint density at radius 1 is 1.29 bits per heavy atom. The first-order valence-corrected chi connectivity index (χ1v) is 9.37. The van der Waals surface area contributed by atoms with Gasteiger partial charge in [-0.3, -0.25) is 0 Å². The molecule has 2 heterocycles. The Hall–Kier alpha value is -1.70. The van der Waals surface area contributed by atoms with Gasteiger partial charge in [0.2, 0.25) is 0 Å². The summed E-state index contributed by atoms with van der Waals surface area (Å²) in [5, 5.41) is 15.6. The molecule has 2 aromatic rings. The molecule has 0 saturated carbocycles. The van der Waals surface area contributed by atoms with Crippen molar-refractivity contribution in [3.05, 3.63) is 23.7 Å². The van der Waals surface area contributed by atoms with E-state index in [0.717, 1.165) is 23.3 Å². The molecule has 0 spiro atoms. The fourth-order valence-corrected chi connectivity index (χ4v) is 3.66. The van der Waals surface area contributed by atoms with Crippen LogP contribution in [0.4, 0.5) is 10.5 Å². The first-order valence-electron chi connectivity index (χ1n) is 8.49. The molecule has 6 nitrogen and oxygen atoms in total. The van der Waals surface area contributed by atoms with Crippen molar-refractivity contribution in [2.45, 2.75) is 31.8 Å². The summed E-state index contributed by atoms with van der Waals surface area (Å²) in [6.45, 7) is 2.94. The average Bonchev–Trinajstić information content (AvgIpc) is 2.88. The van der Waals surface area contributed by atoms with Crippen LogP contribution in [0.5, 0.6) is 0 Å². The zero-order valence-electron chi connectivity index (χ0n) is 13.7. The molecular formula is C17H24N4O2S. The van der Waals surface area contributed by atoms with Crippen LogP contribution >= 0.6 is 11.3 Å². The summed E-state index contributed by atoms with van der Waals surface area (Å²) in [5.41, 5.74) is 3.36. The molecule has 2 amide bonds. The predicted octanol–water partition coefficient (Wildman–Crippen LogP) is 2.65. The van der Waals surface area contributed by atoms with Gasteiger partial charge in [-0.05, 0) is 44.1 Å². The molecule has 0 radical (unpaired) electrons. The third-order valence-electron chi connectivity index (χ3n) is 4.25. The Balaban J connectivity index is 1.42. The molecule has 1 saturated heterocycles. The van der Waals surface area contributed by atoms with Crippen molar-refractivity contribution < 1.29 is 9.90 Å². The van der Waals surface area contributed by atoms with Gasteiger partial charge in [0, 0.05) is 18.8 Å². The molecule has 0 aliphatic carbocycles. The van der Waals surface area contributed by atoms with Gasteiger partial charge < -0.3 is 20.6 Å². The number of nitrogens with one attached hydrogen (secondary N) is 2. The number of aromatic nitrogens is 1. The maximum absolute atomic E-state index is 12.0. The largest absolute Gasteiger partial charge is 0.390 e. The predicted molar refractivity (Wildman–Crippen MR) is 97.6 cm³/mol. The standard InChI is InChI=1S/C17H24N4O2S/c22-14(11-21-7-3-1-2-4-8-21)10-18-17(23)20-13-5-6-16-15(9-13)19-12-24-16/h5-6,9,12,14,22H,1-4,7-8,10-11H2,(H2,18,20,23). The van der Waals surface area contributed by atoms with Crippen molar-refractivity contribution >= 4 is 33.3 Å². The lowest BCUT2D eigenvalue weighted by atomic mass is 10.2. The number of aliphatic hydroxyl groups excluding tert-OH is 1. The van der Waals surface area contributed by atoms with Gasteiger partial charge in [0.25, 0.3) is 0 Å². The highest BCUT2D eigenvalue weighted by atomic mass is 32.1. The van der Waals surface area contributed by atoms with E-state index in [4.69, 9.17) is 0 Å². The van der Waals surface area contributed by atoms with E-state index in [1.807, 2.05) is 18.2 Å². The Morgan fingerprint density at radius 3 is 2.88 bits per heavy atom. The summed E-state index contributed by atoms with van der Waals surface area (Å²) in [7, 11) is 0. The second-order valence-electron chi connectivity index (χ2n) is 6.24. The van der Waals surface area contributed by atoms with E-state index >= 15 is 0 Å². The van der Waals surface area contributed by atoms with Crippen LogP contribution in [-0.2, 0) is 0 Å². The maximum Gasteiger partial charge on any atom is 0.319 e. The summed E-state index contributed by atoms with van der Waals surface area (Å²) in [6, 6.07) is 5.34. The summed E-state index contributed by atoms with van der Waals surface area (Å²) >= 11 is 1.57. The number of likely N-dealkylation sites (tertiary alicyclic amines) is 1. The molecule has 3 rings (SSSR count). The third-order valence-corrected chi connectivity index (χ3v) is 5.06. The van der Waals surface area contributed by atoms with E-state index in [-0.39, 0.29) is 12.6 Å². The van der Waals surface area contributed by atoms with Crippen LogP contribution in [0, 0.1) is 0 Å². The molecule has 1 unspecified atom stereocenters. The lowest BCUT2D eigenvalue weighted by Crippen LogP contribution is -2.41. The van der Waals surface area contributed by atoms with Crippen molar-refractivity contribution in [1.29, 1.82) is 0 Å². The van der Waals surface area contributed by atoms with Crippen molar-refractivity contribution in [3.63, 3.8) is 0 Å². The molecule has 1 atom stereocenters. The SMILES string of the molecule is O=C(NCC(O)CN1CCCCCC1)Nc1ccc2scnc2c1. The summed E-state index contributed by atoms with van der Waals surface area (Å²) < 4.78 is 1.09. The summed E-state index contributed by atoms with van der Waals surface area (Å²) in [4.78, 5) is 18.5. The Morgan fingerprint density at radius 2 is 2.08 bits per heavy atom. The minimum Gasteiger partial charge on any atom is -0.390 e. The van der Waals surface area contributed by atoms with Gasteiger partial charge in [-0.25, -0.2) is 9.78 Å². The highest BCUT2D eigenvalue weighted by Gasteiger charge is 2.14. The number of hydrogen-bond donors (Lipinski definition) is 3. The number of thiazole rings is 1. The number of β-amino-alcohol motifs (C(OH)–C–C–N with tert-alkyl or cyclic N) is 1. The lowest BCUT2D eigenvalue weighted by molar-refractivity contribution is 0.115. The first-order chi connectivity index (χ1) is 11.7. The van der Waals surface area contributed by atoms with Crippen molar-refractivity contribution in [3.8, 4) is 0 Å². The van der Waals surface area contributed by atoms with E-state index in [0.29, 0.717) is 12.2 Å². The van der Waals surface area contributed by atoms with Crippen LogP contribution in [-0.4, -0.2) is 53.3 Å². The van der Waals surface area contributed by atoms with Gasteiger partial charge in [-0.1, -0.05) is 12.8 Å². The highest BCUT2D eigenvalue weighted by molar-refractivity contribution is 7.16. The van der Waals surface area contributed by atoms with Gasteiger partial charge in [-0.15, -0.1) is 11.3 Å². The highest BCUT2D eigenvalue weighted by Crippen LogP contribution is 2.21. The van der Waals surface area contributed by atoms with Crippen LogP contribution in [0.1, 0.15) is 25.7 Å². The number of anilines is 1. The zero-order valence-corrected chi connectivity index (χ0v) is 14.5. The zero-order chi connectivity index (χ0) is 16.8. The molecule has 0 bridgehead atoms. The van der Waals surface area contributed by atoms with E-state index in [9.17, 15) is 9.90 Å². The topological polar surface area (TPSA) is 77.5 Å². The number of benzene rings is 1. The molecule has 1 fully saturated rings. The van der Waals surface area contributed by atoms with Crippen molar-refractivity contribution in [1.82, 2.24) is 15.2 Å². The van der Waals surface area contributed by atoms with Crippen LogP contribution in [0.25, 0.3) is 10.2 Å². The van der Waals surface area contributed by atoms with Crippen molar-refractivity contribution in [2.24, 2.45) is 0 Å². The van der Waals surface area contributed by atoms with E-state index in [1.165, 1.54) is 25.7 Å². The number of amides is 2. The Bertz CT molecular complexity index is 667. The normalized spacial score (nSPS) is 17.4. The minimum absolute atomic E-state index is 0.251. The van der Waals surface area contributed by atoms with Crippen LogP contribution in [0.15, 0.2) is 23.7 Å². The van der Waals surface area contributed by atoms with Crippen LogP contribution in [0.2, 0.25) is 0 Å². The second kappa shape index (κ2) is 8.41. The number of rotatable bonds is 5. The van der Waals surface area contributed by atoms with Crippen molar-refractivity contribution in [2.75, 3.05) is 31.5 Å². The molecule has 130 valence electrons. The molecule has 1 aliphatic rings. The molecule has 3 N–H and O–H groups in total. The number of carbonyl (C=O) groups is 1. The molecule has 1 aromatic heterocycles. The molecule has 1 aromatic carbocycles. The molecular weight excluding hydrogens is 324 g/mol. The molecule has 1 aliphatic heterocycles. The number of carbonyl (C=O) groups excluding carboxylic acids is 1.